The fraction of sp³-hybridized carbons (Fsp3) is 0.292. The van der Waals surface area contributed by atoms with E-state index >= 15 is 0 Å². The summed E-state index contributed by atoms with van der Waals surface area (Å²) >= 11 is 0. The predicted molar refractivity (Wildman–Crippen MR) is 124 cm³/mol. The molecule has 2 aliphatic carbocycles. The average Bonchev–Trinajstić information content (AvgIpc) is 3.78. The first-order chi connectivity index (χ1) is 16.5. The maximum Gasteiger partial charge on any atom is 0.338 e. The number of aromatic nitrogens is 2. The van der Waals surface area contributed by atoms with E-state index in [1.54, 1.807) is 4.68 Å². The van der Waals surface area contributed by atoms with Gasteiger partial charge in [-0.25, -0.2) is 9.48 Å². The van der Waals surface area contributed by atoms with Crippen LogP contribution in [0.15, 0.2) is 54.6 Å². The van der Waals surface area contributed by atoms with Crippen molar-refractivity contribution in [2.45, 2.75) is 37.6 Å². The van der Waals surface area contributed by atoms with E-state index in [9.17, 15) is 19.7 Å². The predicted octanol–water partition coefficient (Wildman–Crippen LogP) is 4.03. The smallest absolute Gasteiger partial charge is 0.338 e. The minimum absolute atomic E-state index is 0.00574. The number of nitro groups is 1. The average molecular weight is 461 g/mol. The van der Waals surface area contributed by atoms with Crippen molar-refractivity contribution in [1.82, 2.24) is 9.78 Å². The van der Waals surface area contributed by atoms with Gasteiger partial charge in [0.1, 0.15) is 11.5 Å². The lowest BCUT2D eigenvalue weighted by Gasteiger charge is -2.10. The Hall–Kier alpha value is -4.21. The highest BCUT2D eigenvalue weighted by Gasteiger charge is 2.28. The van der Waals surface area contributed by atoms with Gasteiger partial charge in [-0.15, -0.1) is 0 Å². The number of nitrogens with one attached hydrogen (secondary N) is 2. The number of nitrogens with zero attached hydrogens (tertiary/aromatic N) is 3. The molecule has 10 heteroatoms. The van der Waals surface area contributed by atoms with Gasteiger partial charge in [-0.2, -0.15) is 5.10 Å². The van der Waals surface area contributed by atoms with E-state index < -0.39 is 23.4 Å². The Balaban J connectivity index is 1.25. The van der Waals surface area contributed by atoms with Crippen molar-refractivity contribution >= 4 is 29.1 Å². The quantitative estimate of drug-likeness (QED) is 0.280. The molecule has 0 spiro atoms. The van der Waals surface area contributed by atoms with E-state index in [1.807, 2.05) is 36.4 Å². The molecule has 1 amide bonds. The van der Waals surface area contributed by atoms with Crippen LogP contribution in [-0.4, -0.2) is 39.2 Å². The summed E-state index contributed by atoms with van der Waals surface area (Å²) in [4.78, 5) is 35.9. The summed E-state index contributed by atoms with van der Waals surface area (Å²) in [7, 11) is 0. The Morgan fingerprint density at radius 3 is 2.53 bits per heavy atom. The molecular weight excluding hydrogens is 438 g/mol. The maximum atomic E-state index is 12.5. The second kappa shape index (κ2) is 8.97. The zero-order chi connectivity index (χ0) is 23.7. The molecule has 174 valence electrons. The topological polar surface area (TPSA) is 128 Å². The third kappa shape index (κ3) is 4.90. The normalized spacial score (nSPS) is 14.9. The van der Waals surface area contributed by atoms with Crippen LogP contribution in [0.3, 0.4) is 0 Å². The van der Waals surface area contributed by atoms with E-state index in [0.717, 1.165) is 43.1 Å². The molecule has 34 heavy (non-hydrogen) atoms. The lowest BCUT2D eigenvalue weighted by Crippen LogP contribution is -2.22. The zero-order valence-electron chi connectivity index (χ0n) is 18.3. The summed E-state index contributed by atoms with van der Waals surface area (Å²) in [5.41, 5.74) is 1.87. The zero-order valence-corrected chi connectivity index (χ0v) is 18.3. The summed E-state index contributed by atoms with van der Waals surface area (Å²) < 4.78 is 6.77. The highest BCUT2D eigenvalue weighted by atomic mass is 16.6. The number of nitro benzene ring substituents is 1. The summed E-state index contributed by atoms with van der Waals surface area (Å²) in [6.07, 6.45) is 4.05. The van der Waals surface area contributed by atoms with Gasteiger partial charge in [-0.1, -0.05) is 18.2 Å². The van der Waals surface area contributed by atoms with Crippen LogP contribution < -0.4 is 10.6 Å². The molecule has 0 atom stereocenters. The van der Waals surface area contributed by atoms with Crippen LogP contribution in [0.1, 0.15) is 47.7 Å². The van der Waals surface area contributed by atoms with Gasteiger partial charge < -0.3 is 15.4 Å². The molecule has 0 saturated heterocycles. The number of rotatable bonds is 9. The SMILES string of the molecule is O=C(COC(=O)c1ccc(NC2CC2)c([N+](=O)[O-])c1)Nc1cc(C2CC2)nn1-c1ccccc1. The Labute approximate surface area is 195 Å². The van der Waals surface area contributed by atoms with Gasteiger partial charge in [0.2, 0.25) is 0 Å². The standard InChI is InChI=1S/C24H23N5O5/c30-23(26-22-13-20(15-6-7-15)27-28(22)18-4-2-1-3-5-18)14-34-24(31)16-8-11-19(25-17-9-10-17)21(12-16)29(32)33/h1-5,8,11-13,15,17,25H,6-7,9-10,14H2,(H,26,30). The van der Waals surface area contributed by atoms with Gasteiger partial charge in [0.05, 0.1) is 21.9 Å². The molecule has 2 saturated carbocycles. The highest BCUT2D eigenvalue weighted by molar-refractivity contribution is 5.96. The largest absolute Gasteiger partial charge is 0.452 e. The first-order valence-electron chi connectivity index (χ1n) is 11.2. The van der Waals surface area contributed by atoms with Crippen molar-refractivity contribution in [2.75, 3.05) is 17.2 Å². The highest BCUT2D eigenvalue weighted by Crippen LogP contribution is 2.40. The lowest BCUT2D eigenvalue weighted by atomic mass is 10.1. The fourth-order valence-electron chi connectivity index (χ4n) is 3.61. The van der Waals surface area contributed by atoms with Crippen LogP contribution in [-0.2, 0) is 9.53 Å². The second-order valence-corrected chi connectivity index (χ2v) is 8.51. The van der Waals surface area contributed by atoms with Crippen LogP contribution in [0.4, 0.5) is 17.2 Å². The number of benzene rings is 2. The summed E-state index contributed by atoms with van der Waals surface area (Å²) in [6.45, 7) is -0.534. The molecule has 10 nitrogen and oxygen atoms in total. The Kier molecular flexibility index (Phi) is 5.70. The van der Waals surface area contributed by atoms with Crippen molar-refractivity contribution in [3.8, 4) is 5.69 Å². The van der Waals surface area contributed by atoms with Crippen molar-refractivity contribution in [2.24, 2.45) is 0 Å². The van der Waals surface area contributed by atoms with Crippen molar-refractivity contribution < 1.29 is 19.2 Å². The van der Waals surface area contributed by atoms with E-state index in [1.165, 1.54) is 12.1 Å². The van der Waals surface area contributed by atoms with Gasteiger partial charge in [-0.3, -0.25) is 14.9 Å². The van der Waals surface area contributed by atoms with E-state index in [0.29, 0.717) is 17.4 Å². The summed E-state index contributed by atoms with van der Waals surface area (Å²) in [5, 5.41) is 21.9. The fourth-order valence-corrected chi connectivity index (χ4v) is 3.61. The lowest BCUT2D eigenvalue weighted by molar-refractivity contribution is -0.384. The molecule has 2 fully saturated rings. The van der Waals surface area contributed by atoms with E-state index in [-0.39, 0.29) is 17.3 Å². The van der Waals surface area contributed by atoms with Crippen LogP contribution >= 0.6 is 0 Å². The third-order valence-corrected chi connectivity index (χ3v) is 5.69. The number of carbonyl (C=O) groups excluding carboxylic acids is 2. The number of amides is 1. The molecule has 1 heterocycles. The van der Waals surface area contributed by atoms with Crippen LogP contribution in [0.2, 0.25) is 0 Å². The number of anilines is 2. The number of hydrogen-bond donors (Lipinski definition) is 2. The Bertz CT molecular complexity index is 1250. The number of para-hydroxylation sites is 1. The second-order valence-electron chi connectivity index (χ2n) is 8.51. The molecule has 3 aromatic rings. The minimum Gasteiger partial charge on any atom is -0.452 e. The van der Waals surface area contributed by atoms with Crippen molar-refractivity contribution in [1.29, 1.82) is 0 Å². The van der Waals surface area contributed by atoms with Crippen molar-refractivity contribution in [3.63, 3.8) is 0 Å². The third-order valence-electron chi connectivity index (χ3n) is 5.69. The van der Waals surface area contributed by atoms with Crippen LogP contribution in [0.5, 0.6) is 0 Å². The summed E-state index contributed by atoms with van der Waals surface area (Å²) in [5.74, 6) is -0.465. The van der Waals surface area contributed by atoms with Gasteiger partial charge in [0.25, 0.3) is 11.6 Å². The van der Waals surface area contributed by atoms with Crippen LogP contribution in [0.25, 0.3) is 5.69 Å². The molecule has 2 aromatic carbocycles. The van der Waals surface area contributed by atoms with Gasteiger partial charge in [0.15, 0.2) is 6.61 Å². The maximum absolute atomic E-state index is 12.5. The molecule has 0 bridgehead atoms. The van der Waals surface area contributed by atoms with Gasteiger partial charge in [-0.05, 0) is 49.9 Å². The molecule has 0 radical (unpaired) electrons. The molecule has 0 unspecified atom stereocenters. The summed E-state index contributed by atoms with van der Waals surface area (Å²) in [6, 6.07) is 15.6. The monoisotopic (exact) mass is 461 g/mol. The molecule has 2 N–H and O–H groups in total. The number of ether oxygens (including phenoxy) is 1. The van der Waals surface area contributed by atoms with E-state index in [2.05, 4.69) is 15.7 Å². The molecule has 1 aromatic heterocycles. The minimum atomic E-state index is -0.813. The number of hydrogen-bond acceptors (Lipinski definition) is 7. The van der Waals surface area contributed by atoms with Crippen molar-refractivity contribution in [3.05, 3.63) is 76.0 Å². The first-order valence-corrected chi connectivity index (χ1v) is 11.2. The number of esters is 1. The molecular formula is C24H23N5O5. The van der Waals surface area contributed by atoms with E-state index in [4.69, 9.17) is 4.74 Å². The first kappa shape index (κ1) is 21.6. The molecule has 2 aliphatic rings. The Morgan fingerprint density at radius 1 is 1.09 bits per heavy atom. The van der Waals surface area contributed by atoms with Crippen LogP contribution in [0, 0.1) is 10.1 Å². The molecule has 0 aliphatic heterocycles. The van der Waals surface area contributed by atoms with Gasteiger partial charge >= 0.3 is 5.97 Å². The van der Waals surface area contributed by atoms with Gasteiger partial charge in [0, 0.05) is 24.1 Å². The number of carbonyl (C=O) groups is 2. The molecule has 5 rings (SSSR count). The Morgan fingerprint density at radius 2 is 1.85 bits per heavy atom.